The molecule has 1 fully saturated rings. The Bertz CT molecular complexity index is 318. The van der Waals surface area contributed by atoms with Crippen molar-refractivity contribution in [3.8, 4) is 0 Å². The van der Waals surface area contributed by atoms with Crippen LogP contribution in [0, 0.1) is 0 Å². The molecule has 1 heterocycles. The fraction of sp³-hybridized carbons (Fsp3) is 0.800. The zero-order chi connectivity index (χ0) is 10.7. The monoisotopic (exact) mass is 211 g/mol. The Kier molecular flexibility index (Phi) is 3.02. The highest BCUT2D eigenvalue weighted by molar-refractivity contribution is 4.91. The van der Waals surface area contributed by atoms with Gasteiger partial charge < -0.3 is 10.2 Å². The third kappa shape index (κ3) is 2.54. The van der Waals surface area contributed by atoms with Crippen molar-refractivity contribution in [2.75, 3.05) is 0 Å². The van der Waals surface area contributed by atoms with Crippen LogP contribution in [0.5, 0.6) is 0 Å². The second kappa shape index (κ2) is 4.28. The number of hydrogen-bond donors (Lipinski definition) is 2. The van der Waals surface area contributed by atoms with Gasteiger partial charge in [0.15, 0.2) is 0 Å². The van der Waals surface area contributed by atoms with Crippen molar-refractivity contribution in [1.82, 2.24) is 15.0 Å². The van der Waals surface area contributed by atoms with Crippen LogP contribution in [-0.2, 0) is 13.2 Å². The molecule has 84 valence electrons. The predicted molar refractivity (Wildman–Crippen MR) is 54.0 cm³/mol. The summed E-state index contributed by atoms with van der Waals surface area (Å²) in [5.74, 6) is 0. The normalized spacial score (nSPS) is 20.4. The average molecular weight is 211 g/mol. The van der Waals surface area contributed by atoms with E-state index in [2.05, 4.69) is 10.3 Å². The minimum absolute atomic E-state index is 0.0988. The standard InChI is InChI=1S/C10H17N3O2/c14-7-9-6-13(12-11-9)8-10(15)4-2-1-3-5-10/h6,14-15H,1-5,7-8H2. The van der Waals surface area contributed by atoms with Gasteiger partial charge in [0.1, 0.15) is 5.69 Å². The third-order valence-electron chi connectivity index (χ3n) is 2.99. The number of aliphatic hydroxyl groups is 2. The van der Waals surface area contributed by atoms with Crippen LogP contribution < -0.4 is 0 Å². The van der Waals surface area contributed by atoms with Crippen LogP contribution in [0.3, 0.4) is 0 Å². The van der Waals surface area contributed by atoms with E-state index in [0.29, 0.717) is 12.2 Å². The molecule has 2 N–H and O–H groups in total. The Balaban J connectivity index is 2.00. The van der Waals surface area contributed by atoms with Gasteiger partial charge in [0, 0.05) is 0 Å². The second-order valence-corrected chi connectivity index (χ2v) is 4.35. The molecule has 0 radical (unpaired) electrons. The van der Waals surface area contributed by atoms with Crippen molar-refractivity contribution in [3.05, 3.63) is 11.9 Å². The van der Waals surface area contributed by atoms with Gasteiger partial charge in [0.2, 0.25) is 0 Å². The van der Waals surface area contributed by atoms with Crippen molar-refractivity contribution in [1.29, 1.82) is 0 Å². The lowest BCUT2D eigenvalue weighted by Gasteiger charge is -2.31. The van der Waals surface area contributed by atoms with Crippen LogP contribution in [0.15, 0.2) is 6.20 Å². The Labute approximate surface area is 88.7 Å². The lowest BCUT2D eigenvalue weighted by molar-refractivity contribution is -0.0146. The first-order valence-corrected chi connectivity index (χ1v) is 5.44. The van der Waals surface area contributed by atoms with Crippen LogP contribution in [0.1, 0.15) is 37.8 Å². The summed E-state index contributed by atoms with van der Waals surface area (Å²) in [5, 5.41) is 26.8. The molecule has 15 heavy (non-hydrogen) atoms. The molecule has 0 unspecified atom stereocenters. The highest BCUT2D eigenvalue weighted by Crippen LogP contribution is 2.29. The number of hydrogen-bond acceptors (Lipinski definition) is 4. The third-order valence-corrected chi connectivity index (χ3v) is 2.99. The van der Waals surface area contributed by atoms with Crippen molar-refractivity contribution >= 4 is 0 Å². The van der Waals surface area contributed by atoms with Gasteiger partial charge in [-0.15, -0.1) is 5.10 Å². The summed E-state index contributed by atoms with van der Waals surface area (Å²) in [6.45, 7) is 0.387. The van der Waals surface area contributed by atoms with Crippen LogP contribution in [0.2, 0.25) is 0 Å². The van der Waals surface area contributed by atoms with Crippen LogP contribution in [0.4, 0.5) is 0 Å². The molecule has 2 rings (SSSR count). The number of nitrogens with zero attached hydrogens (tertiary/aromatic N) is 3. The maximum Gasteiger partial charge on any atom is 0.108 e. The number of rotatable bonds is 3. The molecule has 0 aliphatic heterocycles. The molecule has 0 aromatic carbocycles. The molecule has 0 spiro atoms. The first-order valence-electron chi connectivity index (χ1n) is 5.44. The zero-order valence-electron chi connectivity index (χ0n) is 8.76. The van der Waals surface area contributed by atoms with E-state index in [1.807, 2.05) is 0 Å². The molecule has 1 aromatic heterocycles. The van der Waals surface area contributed by atoms with E-state index in [1.165, 1.54) is 6.42 Å². The zero-order valence-corrected chi connectivity index (χ0v) is 8.76. The molecular formula is C10H17N3O2. The SMILES string of the molecule is OCc1cn(CC2(O)CCCCC2)nn1. The lowest BCUT2D eigenvalue weighted by atomic mass is 9.85. The first kappa shape index (κ1) is 10.6. The second-order valence-electron chi connectivity index (χ2n) is 4.35. The molecule has 0 bridgehead atoms. The van der Waals surface area contributed by atoms with E-state index in [9.17, 15) is 5.11 Å². The predicted octanol–water partition coefficient (Wildman–Crippen LogP) is 0.466. The van der Waals surface area contributed by atoms with Crippen molar-refractivity contribution < 1.29 is 10.2 Å². The topological polar surface area (TPSA) is 71.2 Å². The molecule has 1 aliphatic carbocycles. The summed E-state index contributed by atoms with van der Waals surface area (Å²) in [6.07, 6.45) is 6.73. The van der Waals surface area contributed by atoms with Crippen molar-refractivity contribution in [2.24, 2.45) is 0 Å². The fourth-order valence-corrected chi connectivity index (χ4v) is 2.16. The van der Waals surface area contributed by atoms with E-state index in [4.69, 9.17) is 5.11 Å². The Morgan fingerprint density at radius 1 is 1.33 bits per heavy atom. The molecule has 1 aliphatic rings. The van der Waals surface area contributed by atoms with Gasteiger partial charge in [-0.05, 0) is 12.8 Å². The van der Waals surface area contributed by atoms with Crippen LogP contribution in [-0.4, -0.2) is 30.8 Å². The lowest BCUT2D eigenvalue weighted by Crippen LogP contribution is -2.36. The summed E-state index contributed by atoms with van der Waals surface area (Å²) < 4.78 is 1.62. The molecule has 1 aromatic rings. The van der Waals surface area contributed by atoms with Gasteiger partial charge in [0.25, 0.3) is 0 Å². The van der Waals surface area contributed by atoms with Gasteiger partial charge >= 0.3 is 0 Å². The number of aromatic nitrogens is 3. The average Bonchev–Trinajstić information content (AvgIpc) is 2.66. The Morgan fingerprint density at radius 3 is 2.67 bits per heavy atom. The summed E-state index contributed by atoms with van der Waals surface area (Å²) in [5.41, 5.74) is -0.0759. The minimum Gasteiger partial charge on any atom is -0.390 e. The quantitative estimate of drug-likeness (QED) is 0.762. The molecule has 5 nitrogen and oxygen atoms in total. The van der Waals surface area contributed by atoms with E-state index >= 15 is 0 Å². The molecule has 5 heteroatoms. The van der Waals surface area contributed by atoms with E-state index in [0.717, 1.165) is 25.7 Å². The largest absolute Gasteiger partial charge is 0.390 e. The van der Waals surface area contributed by atoms with E-state index < -0.39 is 5.60 Å². The van der Waals surface area contributed by atoms with Gasteiger partial charge in [-0.1, -0.05) is 24.5 Å². The fourth-order valence-electron chi connectivity index (χ4n) is 2.16. The first-order chi connectivity index (χ1) is 7.22. The van der Waals surface area contributed by atoms with Gasteiger partial charge in [0.05, 0.1) is 24.9 Å². The molecular weight excluding hydrogens is 194 g/mol. The molecule has 0 amide bonds. The molecule has 0 saturated heterocycles. The van der Waals surface area contributed by atoms with Crippen LogP contribution in [0.25, 0.3) is 0 Å². The summed E-state index contributed by atoms with van der Waals surface area (Å²) >= 11 is 0. The van der Waals surface area contributed by atoms with Crippen molar-refractivity contribution in [2.45, 2.75) is 50.9 Å². The number of aliphatic hydroxyl groups excluding tert-OH is 1. The maximum absolute atomic E-state index is 10.3. The highest BCUT2D eigenvalue weighted by atomic mass is 16.3. The summed E-state index contributed by atoms with van der Waals surface area (Å²) in [7, 11) is 0. The van der Waals surface area contributed by atoms with Crippen molar-refractivity contribution in [3.63, 3.8) is 0 Å². The Hall–Kier alpha value is -0.940. The summed E-state index contributed by atoms with van der Waals surface area (Å²) in [6, 6.07) is 0. The minimum atomic E-state index is -0.626. The maximum atomic E-state index is 10.3. The Morgan fingerprint density at radius 2 is 2.07 bits per heavy atom. The highest BCUT2D eigenvalue weighted by Gasteiger charge is 2.29. The summed E-state index contributed by atoms with van der Waals surface area (Å²) in [4.78, 5) is 0. The van der Waals surface area contributed by atoms with Crippen LogP contribution >= 0.6 is 0 Å². The van der Waals surface area contributed by atoms with Gasteiger partial charge in [-0.3, -0.25) is 0 Å². The molecule has 0 atom stereocenters. The smallest absolute Gasteiger partial charge is 0.108 e. The van der Waals surface area contributed by atoms with Gasteiger partial charge in [-0.2, -0.15) is 0 Å². The molecule has 1 saturated carbocycles. The van der Waals surface area contributed by atoms with E-state index in [1.54, 1.807) is 10.9 Å². The van der Waals surface area contributed by atoms with Gasteiger partial charge in [-0.25, -0.2) is 4.68 Å². The van der Waals surface area contributed by atoms with E-state index in [-0.39, 0.29) is 6.61 Å².